The molecule has 3 nitrogen and oxygen atoms in total. The van der Waals surface area contributed by atoms with Gasteiger partial charge in [0.25, 0.3) is 0 Å². The van der Waals surface area contributed by atoms with Crippen LogP contribution in [0, 0.1) is 6.92 Å². The Morgan fingerprint density at radius 2 is 2.25 bits per heavy atom. The van der Waals surface area contributed by atoms with Crippen LogP contribution >= 0.6 is 0 Å². The van der Waals surface area contributed by atoms with Gasteiger partial charge in [0.15, 0.2) is 0 Å². The van der Waals surface area contributed by atoms with Gasteiger partial charge in [0.2, 0.25) is 0 Å². The highest BCUT2D eigenvalue weighted by Gasteiger charge is 2.00. The summed E-state index contributed by atoms with van der Waals surface area (Å²) in [6.07, 6.45) is 7.30. The minimum atomic E-state index is 1.08. The number of nitrogens with one attached hydrogen (secondary N) is 1. The van der Waals surface area contributed by atoms with Gasteiger partial charge in [0.05, 0.1) is 6.20 Å². The fraction of sp³-hybridized carbons (Fsp3) is 0.111. The largest absolute Gasteiger partial charge is 0.285 e. The molecule has 0 aliphatic carbocycles. The zero-order valence-electron chi connectivity index (χ0n) is 6.78. The molecule has 0 saturated carbocycles. The van der Waals surface area contributed by atoms with E-state index >= 15 is 0 Å². The first-order valence-corrected chi connectivity index (χ1v) is 3.77. The van der Waals surface area contributed by atoms with Gasteiger partial charge in [-0.1, -0.05) is 0 Å². The summed E-state index contributed by atoms with van der Waals surface area (Å²) in [7, 11) is 0. The van der Waals surface area contributed by atoms with Gasteiger partial charge >= 0.3 is 0 Å². The maximum Gasteiger partial charge on any atom is 0.0566 e. The van der Waals surface area contributed by atoms with Crippen molar-refractivity contribution in [2.45, 2.75) is 6.92 Å². The Hall–Kier alpha value is -1.64. The maximum atomic E-state index is 4.06. The van der Waals surface area contributed by atoms with Crippen LogP contribution in [0.2, 0.25) is 0 Å². The van der Waals surface area contributed by atoms with Crippen LogP contribution in [0.25, 0.3) is 11.1 Å². The average molecular weight is 159 g/mol. The molecule has 0 bridgehead atoms. The molecule has 1 N–H and O–H groups in total. The number of aromatic amines is 1. The predicted molar refractivity (Wildman–Crippen MR) is 46.6 cm³/mol. The molecule has 0 unspecified atom stereocenters. The molecular weight excluding hydrogens is 150 g/mol. The molecule has 0 aliphatic heterocycles. The Balaban J connectivity index is 2.55. The molecule has 2 rings (SSSR count). The second kappa shape index (κ2) is 2.77. The zero-order valence-corrected chi connectivity index (χ0v) is 6.78. The van der Waals surface area contributed by atoms with Gasteiger partial charge in [-0.15, -0.1) is 0 Å². The quantitative estimate of drug-likeness (QED) is 0.689. The summed E-state index contributed by atoms with van der Waals surface area (Å²) in [5.41, 5.74) is 3.43. The van der Waals surface area contributed by atoms with Crippen LogP contribution < -0.4 is 0 Å². The van der Waals surface area contributed by atoms with E-state index in [0.717, 1.165) is 11.1 Å². The normalized spacial score (nSPS) is 10.1. The maximum absolute atomic E-state index is 4.06. The van der Waals surface area contributed by atoms with Crippen molar-refractivity contribution in [3.63, 3.8) is 0 Å². The Morgan fingerprint density at radius 3 is 2.92 bits per heavy atom. The first-order chi connectivity index (χ1) is 5.88. The van der Waals surface area contributed by atoms with Gasteiger partial charge in [0, 0.05) is 29.7 Å². The number of hydrogen-bond acceptors (Lipinski definition) is 2. The van der Waals surface area contributed by atoms with Gasteiger partial charge in [-0.25, -0.2) is 0 Å². The van der Waals surface area contributed by atoms with E-state index in [1.807, 2.05) is 18.5 Å². The third kappa shape index (κ3) is 1.09. The van der Waals surface area contributed by atoms with E-state index in [9.17, 15) is 0 Å². The summed E-state index contributed by atoms with van der Waals surface area (Å²) in [4.78, 5) is 4.06. The summed E-state index contributed by atoms with van der Waals surface area (Å²) >= 11 is 0. The lowest BCUT2D eigenvalue weighted by molar-refractivity contribution is 1.09. The first kappa shape index (κ1) is 7.03. The fourth-order valence-corrected chi connectivity index (χ4v) is 1.16. The molecule has 2 aromatic rings. The van der Waals surface area contributed by atoms with Gasteiger partial charge < -0.3 is 0 Å². The third-order valence-electron chi connectivity index (χ3n) is 1.85. The van der Waals surface area contributed by atoms with Crippen molar-refractivity contribution in [2.24, 2.45) is 0 Å². The van der Waals surface area contributed by atoms with E-state index in [1.165, 1.54) is 5.56 Å². The predicted octanol–water partition coefficient (Wildman–Crippen LogP) is 1.78. The molecule has 0 saturated heterocycles. The third-order valence-corrected chi connectivity index (χ3v) is 1.85. The van der Waals surface area contributed by atoms with Crippen molar-refractivity contribution in [3.05, 3.63) is 36.4 Å². The molecule has 60 valence electrons. The number of pyridine rings is 1. The van der Waals surface area contributed by atoms with Crippen molar-refractivity contribution in [3.8, 4) is 11.1 Å². The van der Waals surface area contributed by atoms with Crippen molar-refractivity contribution in [1.29, 1.82) is 0 Å². The van der Waals surface area contributed by atoms with Crippen molar-refractivity contribution >= 4 is 0 Å². The molecule has 3 heteroatoms. The highest BCUT2D eigenvalue weighted by atomic mass is 15.1. The second-order valence-corrected chi connectivity index (χ2v) is 2.68. The van der Waals surface area contributed by atoms with Gasteiger partial charge in [-0.2, -0.15) is 5.10 Å². The number of hydrogen-bond donors (Lipinski definition) is 1. The molecule has 2 heterocycles. The minimum absolute atomic E-state index is 1.08. The number of H-pyrrole nitrogens is 1. The second-order valence-electron chi connectivity index (χ2n) is 2.68. The van der Waals surface area contributed by atoms with Crippen LogP contribution in [0.4, 0.5) is 0 Å². The van der Waals surface area contributed by atoms with Crippen molar-refractivity contribution in [1.82, 2.24) is 15.2 Å². The van der Waals surface area contributed by atoms with Crippen LogP contribution in [0.5, 0.6) is 0 Å². The highest BCUT2D eigenvalue weighted by Crippen LogP contribution is 2.19. The lowest BCUT2D eigenvalue weighted by Gasteiger charge is -1.99. The topological polar surface area (TPSA) is 41.6 Å². The molecule has 0 radical (unpaired) electrons. The SMILES string of the molecule is Cc1ccncc1-c1cn[nH]c1. The van der Waals surface area contributed by atoms with E-state index in [-0.39, 0.29) is 0 Å². The van der Waals surface area contributed by atoms with Gasteiger partial charge in [0.1, 0.15) is 0 Å². The lowest BCUT2D eigenvalue weighted by atomic mass is 10.1. The van der Waals surface area contributed by atoms with Crippen molar-refractivity contribution in [2.75, 3.05) is 0 Å². The summed E-state index contributed by atoms with van der Waals surface area (Å²) in [5, 5.41) is 6.66. The average Bonchev–Trinajstić information content (AvgIpc) is 2.57. The molecule has 0 amide bonds. The van der Waals surface area contributed by atoms with E-state index in [2.05, 4.69) is 22.1 Å². The Morgan fingerprint density at radius 1 is 1.33 bits per heavy atom. The van der Waals surface area contributed by atoms with Crippen LogP contribution in [0.1, 0.15) is 5.56 Å². The Labute approximate surface area is 70.5 Å². The number of nitrogens with zero attached hydrogens (tertiary/aromatic N) is 2. The van der Waals surface area contributed by atoms with Crippen LogP contribution in [0.15, 0.2) is 30.9 Å². The number of aryl methyl sites for hydroxylation is 1. The van der Waals surface area contributed by atoms with E-state index in [0.29, 0.717) is 0 Å². The summed E-state index contributed by atoms with van der Waals surface area (Å²) < 4.78 is 0. The summed E-state index contributed by atoms with van der Waals surface area (Å²) in [6, 6.07) is 1.99. The first-order valence-electron chi connectivity index (χ1n) is 3.77. The minimum Gasteiger partial charge on any atom is -0.285 e. The molecule has 0 aliphatic rings. The van der Waals surface area contributed by atoms with Crippen molar-refractivity contribution < 1.29 is 0 Å². The van der Waals surface area contributed by atoms with Crippen LogP contribution in [-0.2, 0) is 0 Å². The number of rotatable bonds is 1. The molecule has 2 aromatic heterocycles. The summed E-state index contributed by atoms with van der Waals surface area (Å²) in [5.74, 6) is 0. The van der Waals surface area contributed by atoms with E-state index in [4.69, 9.17) is 0 Å². The summed E-state index contributed by atoms with van der Waals surface area (Å²) in [6.45, 7) is 2.06. The fourth-order valence-electron chi connectivity index (χ4n) is 1.16. The standard InChI is InChI=1S/C9H9N3/c1-7-2-3-10-6-9(7)8-4-11-12-5-8/h2-6H,1H3,(H,11,12). The lowest BCUT2D eigenvalue weighted by Crippen LogP contribution is -1.81. The molecule has 0 atom stereocenters. The number of aromatic nitrogens is 3. The Kier molecular flexibility index (Phi) is 1.63. The monoisotopic (exact) mass is 159 g/mol. The molecular formula is C9H9N3. The smallest absolute Gasteiger partial charge is 0.0566 e. The highest BCUT2D eigenvalue weighted by molar-refractivity contribution is 5.64. The molecule has 0 aromatic carbocycles. The van der Waals surface area contributed by atoms with Crippen LogP contribution in [-0.4, -0.2) is 15.2 Å². The van der Waals surface area contributed by atoms with Gasteiger partial charge in [-0.05, 0) is 18.6 Å². The molecule has 0 fully saturated rings. The van der Waals surface area contributed by atoms with Gasteiger partial charge in [-0.3, -0.25) is 10.1 Å². The van der Waals surface area contributed by atoms with E-state index < -0.39 is 0 Å². The zero-order chi connectivity index (χ0) is 8.39. The molecule has 12 heavy (non-hydrogen) atoms. The van der Waals surface area contributed by atoms with Crippen LogP contribution in [0.3, 0.4) is 0 Å². The van der Waals surface area contributed by atoms with E-state index in [1.54, 1.807) is 12.4 Å². The Bertz CT molecular complexity index is 365. The molecule has 0 spiro atoms.